The van der Waals surface area contributed by atoms with Crippen molar-refractivity contribution in [1.29, 1.82) is 0 Å². The van der Waals surface area contributed by atoms with Crippen molar-refractivity contribution < 1.29 is 0 Å². The third-order valence-electron chi connectivity index (χ3n) is 3.24. The fourth-order valence-corrected chi connectivity index (χ4v) is 2.28. The highest BCUT2D eigenvalue weighted by Gasteiger charge is 2.31. The number of nitrogens with zero attached hydrogens (tertiary/aromatic N) is 3. The molecule has 0 spiro atoms. The van der Waals surface area contributed by atoms with Gasteiger partial charge in [-0.15, -0.1) is 0 Å². The Morgan fingerprint density at radius 3 is 2.65 bits per heavy atom. The minimum atomic E-state index is 0.708. The number of nitrogens with one attached hydrogen (secondary N) is 1. The van der Waals surface area contributed by atoms with E-state index in [4.69, 9.17) is 0 Å². The Morgan fingerprint density at radius 2 is 2.12 bits per heavy atom. The molecule has 1 aromatic rings. The smallest absolute Gasteiger partial charge is 0.137 e. The van der Waals surface area contributed by atoms with Crippen molar-refractivity contribution >= 4 is 11.6 Å². The predicted octanol–water partition coefficient (Wildman–Crippen LogP) is 2.46. The van der Waals surface area contributed by atoms with E-state index in [2.05, 4.69) is 34.0 Å². The van der Waals surface area contributed by atoms with Crippen molar-refractivity contribution in [2.24, 2.45) is 0 Å². The van der Waals surface area contributed by atoms with Crippen molar-refractivity contribution in [2.45, 2.75) is 45.6 Å². The molecule has 1 heterocycles. The Kier molecular flexibility index (Phi) is 3.82. The summed E-state index contributed by atoms with van der Waals surface area (Å²) < 4.78 is 0. The van der Waals surface area contributed by atoms with Crippen LogP contribution in [-0.4, -0.2) is 29.6 Å². The average molecular weight is 234 g/mol. The Balaban J connectivity index is 2.34. The maximum absolute atomic E-state index is 4.51. The van der Waals surface area contributed by atoms with Crippen molar-refractivity contribution in [2.75, 3.05) is 23.8 Å². The second-order valence-electron chi connectivity index (χ2n) is 4.55. The van der Waals surface area contributed by atoms with Gasteiger partial charge in [0.15, 0.2) is 0 Å². The van der Waals surface area contributed by atoms with Gasteiger partial charge in [-0.05, 0) is 25.7 Å². The lowest BCUT2D eigenvalue weighted by atomic mass is 10.2. The quantitative estimate of drug-likeness (QED) is 0.821. The van der Waals surface area contributed by atoms with Crippen molar-refractivity contribution in [3.8, 4) is 0 Å². The second kappa shape index (κ2) is 5.34. The maximum Gasteiger partial charge on any atom is 0.137 e. The Hall–Kier alpha value is -1.32. The molecule has 1 aliphatic rings. The van der Waals surface area contributed by atoms with Gasteiger partial charge in [0.1, 0.15) is 18.0 Å². The molecule has 0 bridgehead atoms. The minimum absolute atomic E-state index is 0.708. The molecule has 0 aromatic carbocycles. The SMILES string of the molecule is CCCN(c1ncnc(NC)c1CC)C1CC1. The van der Waals surface area contributed by atoms with Crippen LogP contribution in [0.5, 0.6) is 0 Å². The largest absolute Gasteiger partial charge is 0.373 e. The van der Waals surface area contributed by atoms with Gasteiger partial charge in [0.25, 0.3) is 0 Å². The summed E-state index contributed by atoms with van der Waals surface area (Å²) in [5.74, 6) is 2.11. The molecule has 4 heteroatoms. The fourth-order valence-electron chi connectivity index (χ4n) is 2.28. The number of aromatic nitrogens is 2. The van der Waals surface area contributed by atoms with Crippen LogP contribution in [0, 0.1) is 0 Å². The first kappa shape index (κ1) is 12.1. The third kappa shape index (κ3) is 2.51. The van der Waals surface area contributed by atoms with E-state index in [1.807, 2.05) is 7.05 Å². The Labute approximate surface area is 103 Å². The summed E-state index contributed by atoms with van der Waals surface area (Å²) in [4.78, 5) is 11.3. The molecule has 0 radical (unpaired) electrons. The molecular formula is C13H22N4. The first-order chi connectivity index (χ1) is 8.31. The highest BCUT2D eigenvalue weighted by molar-refractivity contribution is 5.59. The van der Waals surface area contributed by atoms with E-state index in [1.54, 1.807) is 6.33 Å². The van der Waals surface area contributed by atoms with Gasteiger partial charge in [-0.1, -0.05) is 13.8 Å². The standard InChI is InChI=1S/C13H22N4/c1-4-8-17(10-6-7-10)13-11(5-2)12(14-3)15-9-16-13/h9-10H,4-8H2,1-3H3,(H,14,15,16). The van der Waals surface area contributed by atoms with Gasteiger partial charge < -0.3 is 10.2 Å². The molecule has 2 rings (SSSR count). The molecule has 0 atom stereocenters. The van der Waals surface area contributed by atoms with E-state index < -0.39 is 0 Å². The average Bonchev–Trinajstić information content (AvgIpc) is 3.19. The number of anilines is 2. The van der Waals surface area contributed by atoms with Gasteiger partial charge in [-0.2, -0.15) is 0 Å². The van der Waals surface area contributed by atoms with E-state index in [0.29, 0.717) is 6.04 Å². The lowest BCUT2D eigenvalue weighted by molar-refractivity contribution is 0.742. The summed E-state index contributed by atoms with van der Waals surface area (Å²) in [5, 5.41) is 3.17. The molecular weight excluding hydrogens is 212 g/mol. The van der Waals surface area contributed by atoms with Crippen LogP contribution >= 0.6 is 0 Å². The van der Waals surface area contributed by atoms with Crippen LogP contribution in [0.25, 0.3) is 0 Å². The maximum atomic E-state index is 4.51. The van der Waals surface area contributed by atoms with Crippen LogP contribution < -0.4 is 10.2 Å². The summed E-state index contributed by atoms with van der Waals surface area (Å²) in [5.41, 5.74) is 1.25. The zero-order valence-electron chi connectivity index (χ0n) is 11.0. The Bertz CT molecular complexity index is 374. The molecule has 1 N–H and O–H groups in total. The van der Waals surface area contributed by atoms with Gasteiger partial charge >= 0.3 is 0 Å². The van der Waals surface area contributed by atoms with Gasteiger partial charge in [0.2, 0.25) is 0 Å². The predicted molar refractivity (Wildman–Crippen MR) is 71.6 cm³/mol. The summed E-state index contributed by atoms with van der Waals surface area (Å²) in [6.07, 6.45) is 6.42. The summed E-state index contributed by atoms with van der Waals surface area (Å²) >= 11 is 0. The molecule has 0 aliphatic heterocycles. The number of hydrogen-bond donors (Lipinski definition) is 1. The van der Waals surface area contributed by atoms with Gasteiger partial charge in [0.05, 0.1) is 0 Å². The van der Waals surface area contributed by atoms with E-state index in [9.17, 15) is 0 Å². The topological polar surface area (TPSA) is 41.1 Å². The highest BCUT2D eigenvalue weighted by Crippen LogP contribution is 2.34. The first-order valence-corrected chi connectivity index (χ1v) is 6.60. The molecule has 1 aromatic heterocycles. The number of rotatable bonds is 6. The van der Waals surface area contributed by atoms with Gasteiger partial charge in [-0.25, -0.2) is 9.97 Å². The first-order valence-electron chi connectivity index (χ1n) is 6.60. The van der Waals surface area contributed by atoms with E-state index in [1.165, 1.54) is 24.8 Å². The monoisotopic (exact) mass is 234 g/mol. The normalized spacial score (nSPS) is 14.8. The fraction of sp³-hybridized carbons (Fsp3) is 0.692. The van der Waals surface area contributed by atoms with E-state index in [-0.39, 0.29) is 0 Å². The zero-order valence-corrected chi connectivity index (χ0v) is 11.0. The molecule has 1 aliphatic carbocycles. The lowest BCUT2D eigenvalue weighted by Crippen LogP contribution is -2.29. The molecule has 1 fully saturated rings. The molecule has 17 heavy (non-hydrogen) atoms. The van der Waals surface area contributed by atoms with Crippen LogP contribution in [0.15, 0.2) is 6.33 Å². The molecule has 0 unspecified atom stereocenters. The summed E-state index contributed by atoms with van der Waals surface area (Å²) in [7, 11) is 1.92. The van der Waals surface area contributed by atoms with E-state index in [0.717, 1.165) is 24.6 Å². The Morgan fingerprint density at radius 1 is 1.35 bits per heavy atom. The second-order valence-corrected chi connectivity index (χ2v) is 4.55. The van der Waals surface area contributed by atoms with Crippen LogP contribution in [0.2, 0.25) is 0 Å². The van der Waals surface area contributed by atoms with Crippen LogP contribution in [0.3, 0.4) is 0 Å². The summed E-state index contributed by atoms with van der Waals surface area (Å²) in [6, 6.07) is 0.708. The molecule has 1 saturated carbocycles. The molecule has 0 saturated heterocycles. The molecule has 4 nitrogen and oxygen atoms in total. The molecule has 94 valence electrons. The number of hydrogen-bond acceptors (Lipinski definition) is 4. The molecule has 0 amide bonds. The highest BCUT2D eigenvalue weighted by atomic mass is 15.2. The van der Waals surface area contributed by atoms with Crippen molar-refractivity contribution in [3.05, 3.63) is 11.9 Å². The summed E-state index contributed by atoms with van der Waals surface area (Å²) in [6.45, 7) is 5.49. The van der Waals surface area contributed by atoms with E-state index >= 15 is 0 Å². The van der Waals surface area contributed by atoms with Crippen LogP contribution in [-0.2, 0) is 6.42 Å². The third-order valence-corrected chi connectivity index (χ3v) is 3.24. The van der Waals surface area contributed by atoms with Gasteiger partial charge in [0, 0.05) is 25.2 Å². The van der Waals surface area contributed by atoms with Crippen molar-refractivity contribution in [1.82, 2.24) is 9.97 Å². The zero-order chi connectivity index (χ0) is 12.3. The van der Waals surface area contributed by atoms with Crippen molar-refractivity contribution in [3.63, 3.8) is 0 Å². The minimum Gasteiger partial charge on any atom is -0.373 e. The van der Waals surface area contributed by atoms with Crippen LogP contribution in [0.1, 0.15) is 38.7 Å². The lowest BCUT2D eigenvalue weighted by Gasteiger charge is -2.25. The van der Waals surface area contributed by atoms with Crippen LogP contribution in [0.4, 0.5) is 11.6 Å². The van der Waals surface area contributed by atoms with Gasteiger partial charge in [-0.3, -0.25) is 0 Å².